The number of aromatic nitrogens is 2. The van der Waals surface area contributed by atoms with E-state index in [0.717, 1.165) is 39.7 Å². The van der Waals surface area contributed by atoms with E-state index >= 15 is 0 Å². The molecular formula is C12H14BrN3. The van der Waals surface area contributed by atoms with Crippen molar-refractivity contribution in [3.05, 3.63) is 34.2 Å². The molecule has 1 heterocycles. The van der Waals surface area contributed by atoms with Gasteiger partial charge in [-0.3, -0.25) is 0 Å². The summed E-state index contributed by atoms with van der Waals surface area (Å²) in [4.78, 5) is 8.95. The number of nitrogens with zero attached hydrogens (tertiary/aromatic N) is 2. The van der Waals surface area contributed by atoms with Gasteiger partial charge in [0.15, 0.2) is 0 Å². The molecule has 2 N–H and O–H groups in total. The van der Waals surface area contributed by atoms with E-state index in [1.54, 1.807) is 0 Å². The molecule has 16 heavy (non-hydrogen) atoms. The summed E-state index contributed by atoms with van der Waals surface area (Å²) >= 11 is 3.52. The molecule has 0 aliphatic carbocycles. The highest BCUT2D eigenvalue weighted by atomic mass is 79.9. The lowest BCUT2D eigenvalue weighted by Gasteiger charge is -2.07. The van der Waals surface area contributed by atoms with Crippen LogP contribution in [0.4, 0.5) is 0 Å². The molecule has 3 nitrogen and oxygen atoms in total. The molecule has 2 aromatic rings. The Morgan fingerprint density at radius 3 is 2.88 bits per heavy atom. The SMILES string of the molecule is Cc1nc(CCCN)c2cccc(Br)c2n1. The predicted octanol–water partition coefficient (Wildman–Crippen LogP) is 2.59. The van der Waals surface area contributed by atoms with Gasteiger partial charge in [0.1, 0.15) is 5.82 Å². The van der Waals surface area contributed by atoms with Crippen LogP contribution < -0.4 is 5.73 Å². The van der Waals surface area contributed by atoms with Crippen LogP contribution in [-0.4, -0.2) is 16.5 Å². The first-order valence-electron chi connectivity index (χ1n) is 5.34. The Hall–Kier alpha value is -1.00. The zero-order valence-corrected chi connectivity index (χ0v) is 10.8. The summed E-state index contributed by atoms with van der Waals surface area (Å²) in [5, 5.41) is 1.12. The van der Waals surface area contributed by atoms with E-state index in [-0.39, 0.29) is 0 Å². The van der Waals surface area contributed by atoms with Crippen molar-refractivity contribution in [2.24, 2.45) is 5.73 Å². The number of nitrogens with two attached hydrogens (primary N) is 1. The first kappa shape index (κ1) is 11.5. The maximum Gasteiger partial charge on any atom is 0.126 e. The quantitative estimate of drug-likeness (QED) is 0.940. The van der Waals surface area contributed by atoms with Crippen molar-refractivity contribution in [3.63, 3.8) is 0 Å². The van der Waals surface area contributed by atoms with Crippen LogP contribution >= 0.6 is 15.9 Å². The van der Waals surface area contributed by atoms with Gasteiger partial charge in [-0.1, -0.05) is 12.1 Å². The van der Waals surface area contributed by atoms with Crippen LogP contribution in [0.2, 0.25) is 0 Å². The molecule has 1 aromatic heterocycles. The fourth-order valence-corrected chi connectivity index (χ4v) is 2.22. The monoisotopic (exact) mass is 279 g/mol. The molecule has 0 spiro atoms. The predicted molar refractivity (Wildman–Crippen MR) is 69.4 cm³/mol. The maximum atomic E-state index is 5.54. The van der Waals surface area contributed by atoms with E-state index in [0.29, 0.717) is 6.54 Å². The first-order valence-corrected chi connectivity index (χ1v) is 6.13. The van der Waals surface area contributed by atoms with Crippen molar-refractivity contribution in [1.82, 2.24) is 9.97 Å². The third-order valence-corrected chi connectivity index (χ3v) is 3.13. The Balaban J connectivity index is 2.59. The molecule has 1 aromatic carbocycles. The van der Waals surface area contributed by atoms with Gasteiger partial charge in [-0.25, -0.2) is 9.97 Å². The summed E-state index contributed by atoms with van der Waals surface area (Å²) in [5.74, 6) is 0.812. The lowest BCUT2D eigenvalue weighted by atomic mass is 10.1. The molecule has 0 atom stereocenters. The van der Waals surface area contributed by atoms with Crippen molar-refractivity contribution in [1.29, 1.82) is 0 Å². The summed E-state index contributed by atoms with van der Waals surface area (Å²) in [6.07, 6.45) is 1.87. The van der Waals surface area contributed by atoms with Gasteiger partial charge >= 0.3 is 0 Å². The van der Waals surface area contributed by atoms with Gasteiger partial charge in [0.25, 0.3) is 0 Å². The van der Waals surface area contributed by atoms with Crippen molar-refractivity contribution >= 4 is 26.8 Å². The average Bonchev–Trinajstić information content (AvgIpc) is 2.27. The van der Waals surface area contributed by atoms with Gasteiger partial charge in [-0.2, -0.15) is 0 Å². The lowest BCUT2D eigenvalue weighted by molar-refractivity contribution is 0.808. The molecular weight excluding hydrogens is 266 g/mol. The molecule has 0 unspecified atom stereocenters. The average molecular weight is 280 g/mol. The van der Waals surface area contributed by atoms with Gasteiger partial charge in [-0.15, -0.1) is 0 Å². The van der Waals surface area contributed by atoms with Crippen LogP contribution in [0.15, 0.2) is 22.7 Å². The molecule has 2 rings (SSSR count). The van der Waals surface area contributed by atoms with Crippen LogP contribution in [0.5, 0.6) is 0 Å². The lowest BCUT2D eigenvalue weighted by Crippen LogP contribution is -2.04. The summed E-state index contributed by atoms with van der Waals surface area (Å²) < 4.78 is 1.02. The van der Waals surface area contributed by atoms with Gasteiger partial charge in [0.2, 0.25) is 0 Å². The Kier molecular flexibility index (Phi) is 3.51. The van der Waals surface area contributed by atoms with E-state index in [1.807, 2.05) is 19.1 Å². The van der Waals surface area contributed by atoms with Crippen LogP contribution in [0.25, 0.3) is 10.9 Å². The minimum absolute atomic E-state index is 0.693. The van der Waals surface area contributed by atoms with E-state index in [9.17, 15) is 0 Å². The molecule has 0 saturated heterocycles. The third kappa shape index (κ3) is 2.23. The summed E-state index contributed by atoms with van der Waals surface area (Å²) in [6, 6.07) is 6.07. The Morgan fingerprint density at radius 1 is 1.31 bits per heavy atom. The van der Waals surface area contributed by atoms with Crippen molar-refractivity contribution in [3.8, 4) is 0 Å². The van der Waals surface area contributed by atoms with E-state index in [4.69, 9.17) is 5.73 Å². The largest absolute Gasteiger partial charge is 0.330 e. The molecule has 0 bridgehead atoms. The van der Waals surface area contributed by atoms with Crippen LogP contribution in [-0.2, 0) is 6.42 Å². The molecule has 0 fully saturated rings. The molecule has 0 radical (unpaired) electrons. The zero-order chi connectivity index (χ0) is 11.5. The third-order valence-electron chi connectivity index (χ3n) is 2.49. The molecule has 0 saturated carbocycles. The number of rotatable bonds is 3. The smallest absolute Gasteiger partial charge is 0.126 e. The normalized spacial score (nSPS) is 10.9. The molecule has 84 valence electrons. The maximum absolute atomic E-state index is 5.54. The number of aryl methyl sites for hydroxylation is 2. The van der Waals surface area contributed by atoms with Crippen LogP contribution in [0.1, 0.15) is 17.9 Å². The second kappa shape index (κ2) is 4.89. The fraction of sp³-hybridized carbons (Fsp3) is 0.333. The fourth-order valence-electron chi connectivity index (χ4n) is 1.76. The molecule has 0 aliphatic rings. The Morgan fingerprint density at radius 2 is 2.12 bits per heavy atom. The van der Waals surface area contributed by atoms with E-state index < -0.39 is 0 Å². The molecule has 4 heteroatoms. The second-order valence-corrected chi connectivity index (χ2v) is 4.60. The minimum Gasteiger partial charge on any atom is -0.330 e. The summed E-state index contributed by atoms with van der Waals surface area (Å²) in [5.41, 5.74) is 7.62. The standard InChI is InChI=1S/C12H14BrN3/c1-8-15-11(6-3-7-14)9-4-2-5-10(13)12(9)16-8/h2,4-5H,3,6-7,14H2,1H3. The van der Waals surface area contributed by atoms with Gasteiger partial charge < -0.3 is 5.73 Å². The number of para-hydroxylation sites is 1. The van der Waals surface area contributed by atoms with Crippen LogP contribution in [0, 0.1) is 6.92 Å². The topological polar surface area (TPSA) is 51.8 Å². The number of benzene rings is 1. The number of hydrogen-bond donors (Lipinski definition) is 1. The zero-order valence-electron chi connectivity index (χ0n) is 9.20. The highest BCUT2D eigenvalue weighted by molar-refractivity contribution is 9.10. The molecule has 0 aliphatic heterocycles. The first-order chi connectivity index (χ1) is 7.72. The number of fused-ring (bicyclic) bond motifs is 1. The minimum atomic E-state index is 0.693. The Labute approximate surface area is 103 Å². The van der Waals surface area contributed by atoms with Crippen molar-refractivity contribution in [2.75, 3.05) is 6.54 Å². The summed E-state index contributed by atoms with van der Waals surface area (Å²) in [7, 11) is 0. The number of halogens is 1. The molecule has 0 amide bonds. The number of hydrogen-bond acceptors (Lipinski definition) is 3. The highest BCUT2D eigenvalue weighted by Gasteiger charge is 2.07. The van der Waals surface area contributed by atoms with Crippen LogP contribution in [0.3, 0.4) is 0 Å². The van der Waals surface area contributed by atoms with Crippen molar-refractivity contribution < 1.29 is 0 Å². The van der Waals surface area contributed by atoms with E-state index in [2.05, 4.69) is 32.0 Å². The van der Waals surface area contributed by atoms with Crippen molar-refractivity contribution in [2.45, 2.75) is 19.8 Å². The Bertz CT molecular complexity index is 511. The van der Waals surface area contributed by atoms with Gasteiger partial charge in [0, 0.05) is 9.86 Å². The van der Waals surface area contributed by atoms with Gasteiger partial charge in [0.05, 0.1) is 11.2 Å². The highest BCUT2D eigenvalue weighted by Crippen LogP contribution is 2.24. The summed E-state index contributed by atoms with van der Waals surface area (Å²) in [6.45, 7) is 2.61. The second-order valence-electron chi connectivity index (χ2n) is 3.75. The van der Waals surface area contributed by atoms with Gasteiger partial charge in [-0.05, 0) is 48.3 Å². The van der Waals surface area contributed by atoms with E-state index in [1.165, 1.54) is 0 Å².